The second-order valence-corrected chi connectivity index (χ2v) is 3.96. The number of fused-ring (bicyclic) bond motifs is 6. The maximum Gasteiger partial charge on any atom is 0.110 e. The summed E-state index contributed by atoms with van der Waals surface area (Å²) < 4.78 is 16.7. The molecule has 0 unspecified atom stereocenters. The van der Waals surface area contributed by atoms with Crippen molar-refractivity contribution in [3.63, 3.8) is 0 Å². The smallest absolute Gasteiger partial charge is 0.110 e. The van der Waals surface area contributed by atoms with E-state index in [4.69, 9.17) is 14.2 Å². The highest BCUT2D eigenvalue weighted by atomic mass is 16.7. The van der Waals surface area contributed by atoms with Crippen molar-refractivity contribution >= 4 is 0 Å². The van der Waals surface area contributed by atoms with Crippen molar-refractivity contribution in [1.29, 1.82) is 0 Å². The lowest BCUT2D eigenvalue weighted by molar-refractivity contribution is -0.0603. The molecule has 4 aliphatic rings. The van der Waals surface area contributed by atoms with Crippen molar-refractivity contribution in [2.45, 2.75) is 49.5 Å². The molecule has 4 aliphatic heterocycles. The zero-order valence-electron chi connectivity index (χ0n) is 6.10. The predicted octanol–water partition coefficient (Wildman–Crippen LogP) is 0.0824. The molecule has 2 bridgehead atoms. The van der Waals surface area contributed by atoms with E-state index in [0.717, 1.165) is 12.8 Å². The lowest BCUT2D eigenvalue weighted by Crippen LogP contribution is -2.42. The van der Waals surface area contributed by atoms with Gasteiger partial charge < -0.3 is 14.2 Å². The molecule has 4 saturated heterocycles. The molecule has 0 aromatic carbocycles. The summed E-state index contributed by atoms with van der Waals surface area (Å²) in [6.07, 6.45) is 4.76. The molecule has 0 aromatic heterocycles. The zero-order valence-corrected chi connectivity index (χ0v) is 6.10. The van der Waals surface area contributed by atoms with Gasteiger partial charge in [0.2, 0.25) is 0 Å². The Morgan fingerprint density at radius 1 is 0.636 bits per heavy atom. The van der Waals surface area contributed by atoms with Gasteiger partial charge in [0.05, 0.1) is 24.4 Å². The average Bonchev–Trinajstić information content (AvgIpc) is 2.73. The number of hydrogen-bond acceptors (Lipinski definition) is 3. The van der Waals surface area contributed by atoms with Crippen molar-refractivity contribution in [2.24, 2.45) is 0 Å². The normalized spacial score (nSPS) is 69.8. The fraction of sp³-hybridized carbons (Fsp3) is 1.00. The molecule has 6 atom stereocenters. The standard InChI is InChI=1S/C8H10O3/c1-3-7-6(11-7)2-4(9-3)8-5(1)10-8/h3-8H,1-2H2/t3-,4-,5-,6-,7+,8+/m0/s1. The minimum Gasteiger partial charge on any atom is -0.369 e. The Bertz CT molecular complexity index is 195. The molecule has 0 spiro atoms. The highest BCUT2D eigenvalue weighted by molar-refractivity contribution is 5.09. The van der Waals surface area contributed by atoms with Gasteiger partial charge in [-0.3, -0.25) is 0 Å². The molecule has 4 rings (SSSR count). The van der Waals surface area contributed by atoms with Crippen LogP contribution in [0.25, 0.3) is 0 Å². The summed E-state index contributed by atoms with van der Waals surface area (Å²) in [4.78, 5) is 0. The number of hydrogen-bond donors (Lipinski definition) is 0. The quantitative estimate of drug-likeness (QED) is 0.463. The first-order chi connectivity index (χ1) is 5.42. The molecule has 60 valence electrons. The summed E-state index contributed by atoms with van der Waals surface area (Å²) in [5, 5.41) is 0. The van der Waals surface area contributed by atoms with E-state index < -0.39 is 0 Å². The minimum absolute atomic E-state index is 0.363. The molecule has 0 aromatic rings. The zero-order chi connectivity index (χ0) is 7.00. The third kappa shape index (κ3) is 0.604. The van der Waals surface area contributed by atoms with E-state index in [9.17, 15) is 0 Å². The van der Waals surface area contributed by atoms with E-state index in [-0.39, 0.29) is 0 Å². The molecule has 0 N–H and O–H groups in total. The highest BCUT2D eigenvalue weighted by Gasteiger charge is 2.62. The third-order valence-electron chi connectivity index (χ3n) is 3.26. The first kappa shape index (κ1) is 5.51. The molecule has 0 saturated carbocycles. The molecule has 4 heterocycles. The van der Waals surface area contributed by atoms with Gasteiger partial charge in [0.25, 0.3) is 0 Å². The summed E-state index contributed by atoms with van der Waals surface area (Å²) in [6.45, 7) is 0. The van der Waals surface area contributed by atoms with E-state index in [1.54, 1.807) is 0 Å². The van der Waals surface area contributed by atoms with Gasteiger partial charge in [0.1, 0.15) is 12.2 Å². The van der Waals surface area contributed by atoms with Crippen LogP contribution >= 0.6 is 0 Å². The van der Waals surface area contributed by atoms with Gasteiger partial charge in [-0.2, -0.15) is 0 Å². The predicted molar refractivity (Wildman–Crippen MR) is 35.2 cm³/mol. The van der Waals surface area contributed by atoms with Crippen molar-refractivity contribution in [3.8, 4) is 0 Å². The van der Waals surface area contributed by atoms with E-state index in [1.165, 1.54) is 0 Å². The molecule has 3 heteroatoms. The van der Waals surface area contributed by atoms with Crippen LogP contribution in [0.1, 0.15) is 12.8 Å². The van der Waals surface area contributed by atoms with Crippen molar-refractivity contribution in [3.05, 3.63) is 0 Å². The number of epoxide rings is 2. The van der Waals surface area contributed by atoms with Gasteiger partial charge in [-0.15, -0.1) is 0 Å². The Morgan fingerprint density at radius 2 is 1.09 bits per heavy atom. The van der Waals surface area contributed by atoms with E-state index >= 15 is 0 Å². The summed E-state index contributed by atoms with van der Waals surface area (Å²) >= 11 is 0. The highest BCUT2D eigenvalue weighted by Crippen LogP contribution is 2.49. The van der Waals surface area contributed by atoms with Crippen LogP contribution in [-0.2, 0) is 14.2 Å². The van der Waals surface area contributed by atoms with Crippen LogP contribution in [0.4, 0.5) is 0 Å². The molecule has 0 radical (unpaired) electrons. The third-order valence-corrected chi connectivity index (χ3v) is 3.26. The summed E-state index contributed by atoms with van der Waals surface area (Å²) in [5.74, 6) is 0. The van der Waals surface area contributed by atoms with Gasteiger partial charge in [0.15, 0.2) is 0 Å². The monoisotopic (exact) mass is 154 g/mol. The summed E-state index contributed by atoms with van der Waals surface area (Å²) in [5.41, 5.74) is 0. The SMILES string of the molecule is C1[C@@H]2O[C@@H]2[C@@H]2C[C@@H]3O[C@@H]3[C@H]1O2. The molecular weight excluding hydrogens is 144 g/mol. The van der Waals surface area contributed by atoms with Gasteiger partial charge in [-0.05, 0) is 0 Å². The van der Waals surface area contributed by atoms with Crippen molar-refractivity contribution in [2.75, 3.05) is 0 Å². The van der Waals surface area contributed by atoms with Crippen LogP contribution < -0.4 is 0 Å². The second-order valence-electron chi connectivity index (χ2n) is 3.96. The summed E-state index contributed by atoms with van der Waals surface area (Å²) in [6, 6.07) is 0. The minimum atomic E-state index is 0.363. The van der Waals surface area contributed by atoms with Gasteiger partial charge in [-0.1, -0.05) is 0 Å². The average molecular weight is 154 g/mol. The lowest BCUT2D eigenvalue weighted by Gasteiger charge is -2.29. The van der Waals surface area contributed by atoms with Crippen LogP contribution in [0.5, 0.6) is 0 Å². The van der Waals surface area contributed by atoms with Crippen molar-refractivity contribution in [1.82, 2.24) is 0 Å². The fourth-order valence-electron chi connectivity index (χ4n) is 2.56. The largest absolute Gasteiger partial charge is 0.369 e. The molecule has 0 aliphatic carbocycles. The van der Waals surface area contributed by atoms with Gasteiger partial charge >= 0.3 is 0 Å². The topological polar surface area (TPSA) is 34.3 Å². The van der Waals surface area contributed by atoms with E-state index in [0.29, 0.717) is 36.6 Å². The first-order valence-corrected chi connectivity index (χ1v) is 4.38. The van der Waals surface area contributed by atoms with Crippen LogP contribution in [-0.4, -0.2) is 36.6 Å². The number of rotatable bonds is 0. The van der Waals surface area contributed by atoms with Crippen LogP contribution in [0, 0.1) is 0 Å². The fourth-order valence-corrected chi connectivity index (χ4v) is 2.56. The van der Waals surface area contributed by atoms with E-state index in [1.807, 2.05) is 0 Å². The maximum atomic E-state index is 5.78. The Balaban J connectivity index is 1.70. The van der Waals surface area contributed by atoms with Crippen molar-refractivity contribution < 1.29 is 14.2 Å². The second kappa shape index (κ2) is 1.49. The van der Waals surface area contributed by atoms with Gasteiger partial charge in [0, 0.05) is 12.8 Å². The van der Waals surface area contributed by atoms with E-state index in [2.05, 4.69) is 0 Å². The van der Waals surface area contributed by atoms with Crippen LogP contribution in [0.15, 0.2) is 0 Å². The Kier molecular flexibility index (Phi) is 0.746. The first-order valence-electron chi connectivity index (χ1n) is 4.38. The van der Waals surface area contributed by atoms with Crippen LogP contribution in [0.3, 0.4) is 0 Å². The maximum absolute atomic E-state index is 5.78. The molecular formula is C8H10O3. The van der Waals surface area contributed by atoms with Crippen LogP contribution in [0.2, 0.25) is 0 Å². The molecule has 3 nitrogen and oxygen atoms in total. The Morgan fingerprint density at radius 3 is 1.64 bits per heavy atom. The number of ether oxygens (including phenoxy) is 3. The summed E-state index contributed by atoms with van der Waals surface area (Å²) in [7, 11) is 0. The molecule has 0 amide bonds. The van der Waals surface area contributed by atoms with Gasteiger partial charge in [-0.25, -0.2) is 0 Å². The molecule has 4 fully saturated rings. The molecule has 11 heavy (non-hydrogen) atoms. The Hall–Kier alpha value is -0.120. The lowest BCUT2D eigenvalue weighted by atomic mass is 9.92. The Labute approximate surface area is 64.6 Å².